The summed E-state index contributed by atoms with van der Waals surface area (Å²) in [6, 6.07) is 10.1. The van der Waals surface area contributed by atoms with Gasteiger partial charge in [0, 0.05) is 24.5 Å². The third-order valence-corrected chi connectivity index (χ3v) is 4.76. The van der Waals surface area contributed by atoms with Gasteiger partial charge in [0.05, 0.1) is 33.2 Å². The van der Waals surface area contributed by atoms with Gasteiger partial charge in [-0.2, -0.15) is 0 Å². The van der Waals surface area contributed by atoms with Crippen LogP contribution < -0.4 is 19.5 Å². The number of anilines is 1. The number of hydrogen-bond acceptors (Lipinski definition) is 6. The summed E-state index contributed by atoms with van der Waals surface area (Å²) in [5, 5.41) is 3.27. The van der Waals surface area contributed by atoms with Crippen LogP contribution in [0, 0.1) is 5.82 Å². The molecule has 2 heterocycles. The Hall–Kier alpha value is -3.81. The molecular weight excluding hydrogens is 387 g/mol. The molecule has 0 bridgehead atoms. The van der Waals surface area contributed by atoms with Crippen molar-refractivity contribution in [3.05, 3.63) is 66.4 Å². The van der Waals surface area contributed by atoms with Crippen LogP contribution in [0.25, 0.3) is 16.9 Å². The molecule has 0 amide bonds. The highest BCUT2D eigenvalue weighted by Crippen LogP contribution is 2.41. The van der Waals surface area contributed by atoms with E-state index in [1.807, 2.05) is 22.7 Å². The lowest BCUT2D eigenvalue weighted by molar-refractivity contribution is 0.324. The van der Waals surface area contributed by atoms with Crippen molar-refractivity contribution in [1.29, 1.82) is 0 Å². The van der Waals surface area contributed by atoms with Gasteiger partial charge in [-0.05, 0) is 29.8 Å². The van der Waals surface area contributed by atoms with Crippen molar-refractivity contribution in [2.24, 2.45) is 0 Å². The van der Waals surface area contributed by atoms with Crippen molar-refractivity contribution in [2.45, 2.75) is 6.54 Å². The molecule has 0 saturated carbocycles. The Bertz CT molecular complexity index is 1150. The van der Waals surface area contributed by atoms with E-state index in [4.69, 9.17) is 14.2 Å². The number of benzene rings is 2. The lowest BCUT2D eigenvalue weighted by Gasteiger charge is -2.14. The SMILES string of the molecule is COc1cc(-c2cnc3c(NCc4ccc(F)cc4)nccn23)cc(OC)c1OC. The normalized spacial score (nSPS) is 10.8. The monoisotopic (exact) mass is 408 g/mol. The highest BCUT2D eigenvalue weighted by Gasteiger charge is 2.17. The zero-order chi connectivity index (χ0) is 21.1. The molecule has 8 heteroatoms. The quantitative estimate of drug-likeness (QED) is 0.495. The largest absolute Gasteiger partial charge is 0.493 e. The molecule has 0 aliphatic rings. The summed E-state index contributed by atoms with van der Waals surface area (Å²) >= 11 is 0. The highest BCUT2D eigenvalue weighted by atomic mass is 19.1. The molecular formula is C22H21FN4O3. The number of ether oxygens (including phenoxy) is 3. The first-order valence-corrected chi connectivity index (χ1v) is 9.25. The summed E-state index contributed by atoms with van der Waals surface area (Å²) in [6.07, 6.45) is 5.30. The van der Waals surface area contributed by atoms with E-state index in [-0.39, 0.29) is 5.82 Å². The second-order valence-corrected chi connectivity index (χ2v) is 6.51. The summed E-state index contributed by atoms with van der Waals surface area (Å²) in [5.41, 5.74) is 3.31. The molecule has 154 valence electrons. The molecule has 0 saturated heterocycles. The third-order valence-electron chi connectivity index (χ3n) is 4.76. The molecule has 0 atom stereocenters. The topological polar surface area (TPSA) is 69.9 Å². The maximum Gasteiger partial charge on any atom is 0.203 e. The predicted molar refractivity (Wildman–Crippen MR) is 112 cm³/mol. The van der Waals surface area contributed by atoms with Gasteiger partial charge in [-0.15, -0.1) is 0 Å². The van der Waals surface area contributed by atoms with E-state index in [1.54, 1.807) is 45.9 Å². The Morgan fingerprint density at radius 2 is 1.67 bits per heavy atom. The number of aromatic nitrogens is 3. The zero-order valence-electron chi connectivity index (χ0n) is 16.8. The van der Waals surface area contributed by atoms with Gasteiger partial charge >= 0.3 is 0 Å². The average molecular weight is 408 g/mol. The molecule has 4 rings (SSSR count). The first-order chi connectivity index (χ1) is 14.6. The van der Waals surface area contributed by atoms with Crippen molar-refractivity contribution in [2.75, 3.05) is 26.6 Å². The predicted octanol–water partition coefficient (Wildman–Crippen LogP) is 4.17. The first kappa shape index (κ1) is 19.5. The lowest BCUT2D eigenvalue weighted by atomic mass is 10.1. The van der Waals surface area contributed by atoms with Crippen LogP contribution in [-0.2, 0) is 6.54 Å². The van der Waals surface area contributed by atoms with Crippen LogP contribution in [0.5, 0.6) is 17.2 Å². The van der Waals surface area contributed by atoms with Crippen molar-refractivity contribution < 1.29 is 18.6 Å². The van der Waals surface area contributed by atoms with E-state index in [9.17, 15) is 4.39 Å². The number of nitrogens with one attached hydrogen (secondary N) is 1. The maximum absolute atomic E-state index is 13.1. The summed E-state index contributed by atoms with van der Waals surface area (Å²) in [4.78, 5) is 8.94. The summed E-state index contributed by atoms with van der Waals surface area (Å²) < 4.78 is 31.4. The smallest absolute Gasteiger partial charge is 0.203 e. The molecule has 2 aromatic heterocycles. The minimum absolute atomic E-state index is 0.262. The number of fused-ring (bicyclic) bond motifs is 1. The number of rotatable bonds is 7. The van der Waals surface area contributed by atoms with E-state index in [0.717, 1.165) is 16.8 Å². The van der Waals surface area contributed by atoms with Crippen LogP contribution in [0.15, 0.2) is 55.0 Å². The number of methoxy groups -OCH3 is 3. The minimum atomic E-state index is -0.262. The molecule has 0 fully saturated rings. The fourth-order valence-electron chi connectivity index (χ4n) is 3.27. The van der Waals surface area contributed by atoms with E-state index >= 15 is 0 Å². The van der Waals surface area contributed by atoms with Crippen LogP contribution in [0.2, 0.25) is 0 Å². The van der Waals surface area contributed by atoms with Gasteiger partial charge < -0.3 is 19.5 Å². The van der Waals surface area contributed by atoms with E-state index in [1.165, 1.54) is 12.1 Å². The molecule has 0 aliphatic heterocycles. The van der Waals surface area contributed by atoms with Gasteiger partial charge in [0.25, 0.3) is 0 Å². The first-order valence-electron chi connectivity index (χ1n) is 9.25. The third kappa shape index (κ3) is 3.59. The van der Waals surface area contributed by atoms with Crippen molar-refractivity contribution in [3.8, 4) is 28.5 Å². The van der Waals surface area contributed by atoms with E-state index in [2.05, 4.69) is 15.3 Å². The van der Waals surface area contributed by atoms with E-state index in [0.29, 0.717) is 35.3 Å². The fraction of sp³-hybridized carbons (Fsp3) is 0.182. The van der Waals surface area contributed by atoms with E-state index < -0.39 is 0 Å². The molecule has 30 heavy (non-hydrogen) atoms. The standard InChI is InChI=1S/C22H21FN4O3/c1-28-18-10-15(11-19(29-2)20(18)30-3)17-13-26-22-21(24-8-9-27(17)22)25-12-14-4-6-16(23)7-5-14/h4-11,13H,12H2,1-3H3,(H,24,25). The minimum Gasteiger partial charge on any atom is -0.493 e. The molecule has 0 spiro atoms. The Kier molecular flexibility index (Phi) is 5.38. The number of imidazole rings is 1. The second kappa shape index (κ2) is 8.28. The summed E-state index contributed by atoms with van der Waals surface area (Å²) in [6.45, 7) is 0.499. The van der Waals surface area contributed by atoms with Gasteiger partial charge in [0.2, 0.25) is 5.75 Å². The van der Waals surface area contributed by atoms with Crippen LogP contribution in [-0.4, -0.2) is 35.7 Å². The number of halogens is 1. The molecule has 0 aliphatic carbocycles. The van der Waals surface area contributed by atoms with Crippen molar-refractivity contribution in [1.82, 2.24) is 14.4 Å². The van der Waals surface area contributed by atoms with Gasteiger partial charge in [-0.1, -0.05) is 12.1 Å². The van der Waals surface area contributed by atoms with Gasteiger partial charge in [0.15, 0.2) is 23.0 Å². The maximum atomic E-state index is 13.1. The van der Waals surface area contributed by atoms with Crippen LogP contribution in [0.1, 0.15) is 5.56 Å². The van der Waals surface area contributed by atoms with Gasteiger partial charge in [-0.25, -0.2) is 14.4 Å². The molecule has 7 nitrogen and oxygen atoms in total. The Balaban J connectivity index is 1.70. The Labute approximate surface area is 173 Å². The molecule has 0 unspecified atom stereocenters. The van der Waals surface area contributed by atoms with Crippen LogP contribution in [0.4, 0.5) is 10.2 Å². The average Bonchev–Trinajstić information content (AvgIpc) is 3.22. The second-order valence-electron chi connectivity index (χ2n) is 6.51. The van der Waals surface area contributed by atoms with Gasteiger partial charge in [0.1, 0.15) is 5.82 Å². The molecule has 2 aromatic carbocycles. The van der Waals surface area contributed by atoms with Crippen LogP contribution >= 0.6 is 0 Å². The zero-order valence-corrected chi connectivity index (χ0v) is 16.8. The molecule has 1 N–H and O–H groups in total. The molecule has 4 aromatic rings. The molecule has 0 radical (unpaired) electrons. The van der Waals surface area contributed by atoms with Gasteiger partial charge in [-0.3, -0.25) is 4.40 Å². The lowest BCUT2D eigenvalue weighted by Crippen LogP contribution is -2.04. The van der Waals surface area contributed by atoms with Crippen molar-refractivity contribution in [3.63, 3.8) is 0 Å². The number of hydrogen-bond donors (Lipinski definition) is 1. The Morgan fingerprint density at radius 1 is 0.967 bits per heavy atom. The summed E-state index contributed by atoms with van der Waals surface area (Å²) in [5.74, 6) is 2.01. The van der Waals surface area contributed by atoms with Crippen molar-refractivity contribution >= 4 is 11.5 Å². The van der Waals surface area contributed by atoms with Crippen LogP contribution in [0.3, 0.4) is 0 Å². The highest BCUT2D eigenvalue weighted by molar-refractivity contribution is 5.74. The summed E-state index contributed by atoms with van der Waals surface area (Å²) in [7, 11) is 4.73. The number of nitrogens with zero attached hydrogens (tertiary/aromatic N) is 3. The Morgan fingerprint density at radius 3 is 2.30 bits per heavy atom. The fourth-order valence-corrected chi connectivity index (χ4v) is 3.27.